The van der Waals surface area contributed by atoms with Crippen LogP contribution in [0.3, 0.4) is 0 Å². The molecule has 0 aliphatic heterocycles. The monoisotopic (exact) mass is 444 g/mol. The van der Waals surface area contributed by atoms with Gasteiger partial charge in [-0.2, -0.15) is 0 Å². The van der Waals surface area contributed by atoms with Crippen molar-refractivity contribution in [3.8, 4) is 11.5 Å². The van der Waals surface area contributed by atoms with Crippen LogP contribution in [0.2, 0.25) is 0 Å². The molecular formula is C23H32BNO3PS. The van der Waals surface area contributed by atoms with Crippen LogP contribution in [0.15, 0.2) is 47.4 Å². The zero-order valence-electron chi connectivity index (χ0n) is 18.8. The molecule has 0 aliphatic carbocycles. The third kappa shape index (κ3) is 6.85. The molecular weight excluding hydrogens is 412 g/mol. The van der Waals surface area contributed by atoms with E-state index in [1.54, 1.807) is 25.5 Å². The van der Waals surface area contributed by atoms with Crippen LogP contribution in [-0.2, 0) is 4.65 Å². The fourth-order valence-corrected chi connectivity index (χ4v) is 3.28. The van der Waals surface area contributed by atoms with Gasteiger partial charge < -0.3 is 9.39 Å². The minimum atomic E-state index is -0.405. The molecule has 0 bridgehead atoms. The molecule has 0 saturated heterocycles. The summed E-state index contributed by atoms with van der Waals surface area (Å²) in [5, 5.41) is -0.121. The quantitative estimate of drug-likeness (QED) is 0.203. The Balaban J connectivity index is 2.07. The van der Waals surface area contributed by atoms with Crippen LogP contribution in [0.1, 0.15) is 51.9 Å². The number of aldehydes is 1. The van der Waals surface area contributed by atoms with E-state index < -0.39 is 5.60 Å². The predicted molar refractivity (Wildman–Crippen MR) is 131 cm³/mol. The Morgan fingerprint density at radius 3 is 2.17 bits per heavy atom. The molecule has 2 aromatic carbocycles. The first kappa shape index (κ1) is 24.9. The van der Waals surface area contributed by atoms with E-state index in [0.29, 0.717) is 11.3 Å². The largest absolute Gasteiger partial charge is 0.457 e. The van der Waals surface area contributed by atoms with Gasteiger partial charge in [0.15, 0.2) is 0 Å². The van der Waals surface area contributed by atoms with Crippen molar-refractivity contribution in [1.29, 1.82) is 0 Å². The van der Waals surface area contributed by atoms with Crippen molar-refractivity contribution in [1.82, 2.24) is 4.31 Å². The molecule has 2 aromatic rings. The standard InChI is InChI=1S/C23H32BNO3PS/c1-7-25(8-2)30-20-12-9-18(10-13-20)27-19-11-14-21(17(15-19)16-26)24-28-22(3,4)23(5,6)29/h9-16H,7-8,29H2,1-6H3. The lowest BCUT2D eigenvalue weighted by Gasteiger charge is -2.39. The average Bonchev–Trinajstić information content (AvgIpc) is 2.71. The number of hydrogen-bond donors (Lipinski definition) is 0. The van der Waals surface area contributed by atoms with Crippen molar-refractivity contribution in [3.63, 3.8) is 0 Å². The van der Waals surface area contributed by atoms with Gasteiger partial charge in [-0.25, -0.2) is 4.31 Å². The van der Waals surface area contributed by atoms with Gasteiger partial charge in [0.2, 0.25) is 0 Å². The van der Waals surface area contributed by atoms with Gasteiger partial charge in [-0.05, 0) is 67.7 Å². The van der Waals surface area contributed by atoms with Crippen LogP contribution < -0.4 is 10.2 Å². The molecule has 0 amide bonds. The Morgan fingerprint density at radius 2 is 1.63 bits per heavy atom. The molecule has 7 heteroatoms. The van der Waals surface area contributed by atoms with Gasteiger partial charge in [0.1, 0.15) is 17.8 Å². The summed E-state index contributed by atoms with van der Waals surface area (Å²) in [4.78, 5) is 12.8. The van der Waals surface area contributed by atoms with Gasteiger partial charge in [-0.15, -0.1) is 9.24 Å². The number of carbonyl (C=O) groups excluding carboxylic acids is 1. The summed E-state index contributed by atoms with van der Waals surface area (Å²) >= 11 is 1.73. The van der Waals surface area contributed by atoms with Gasteiger partial charge >= 0.3 is 7.48 Å². The minimum absolute atomic E-state index is 0.121. The Kier molecular flexibility index (Phi) is 8.99. The number of carbonyl (C=O) groups is 1. The summed E-state index contributed by atoms with van der Waals surface area (Å²) in [5.41, 5.74) is 0.849. The minimum Gasteiger partial charge on any atom is -0.457 e. The van der Waals surface area contributed by atoms with Crippen molar-refractivity contribution in [2.75, 3.05) is 13.1 Å². The zero-order chi connectivity index (χ0) is 22.4. The Hall–Kier alpha value is -1.33. The van der Waals surface area contributed by atoms with Gasteiger partial charge in [0.05, 0.1) is 5.60 Å². The second kappa shape index (κ2) is 10.8. The summed E-state index contributed by atoms with van der Waals surface area (Å²) in [5.74, 6) is 1.35. The number of rotatable bonds is 11. The predicted octanol–water partition coefficient (Wildman–Crippen LogP) is 5.33. The molecule has 1 atom stereocenters. The lowest BCUT2D eigenvalue weighted by molar-refractivity contribution is 0.0840. The summed E-state index contributed by atoms with van der Waals surface area (Å²) in [6, 6.07) is 13.4. The SMILES string of the molecule is CCN(CC)Sc1ccc(Oc2ccc([B]OC(C)(C)C(C)(C)P)c(C=O)c2)cc1. The number of ether oxygens (including phenoxy) is 1. The number of benzene rings is 2. The van der Waals surface area contributed by atoms with Crippen LogP contribution in [0.25, 0.3) is 0 Å². The third-order valence-corrected chi connectivity index (χ3v) is 7.17. The lowest BCUT2D eigenvalue weighted by atomic mass is 9.81. The number of nitrogens with zero attached hydrogens (tertiary/aromatic N) is 1. The van der Waals surface area contributed by atoms with E-state index in [-0.39, 0.29) is 5.16 Å². The van der Waals surface area contributed by atoms with Crippen molar-refractivity contribution < 1.29 is 14.2 Å². The van der Waals surface area contributed by atoms with Crippen LogP contribution in [0.5, 0.6) is 11.5 Å². The first-order chi connectivity index (χ1) is 14.1. The highest BCUT2D eigenvalue weighted by atomic mass is 32.2. The maximum absolute atomic E-state index is 11.6. The van der Waals surface area contributed by atoms with E-state index >= 15 is 0 Å². The smallest absolute Gasteiger partial charge is 0.331 e. The fourth-order valence-electron chi connectivity index (χ4n) is 2.39. The molecule has 0 spiro atoms. The second-order valence-electron chi connectivity index (χ2n) is 8.16. The number of hydrogen-bond acceptors (Lipinski definition) is 5. The maximum atomic E-state index is 11.6. The van der Waals surface area contributed by atoms with Gasteiger partial charge in [-0.1, -0.05) is 33.8 Å². The van der Waals surface area contributed by atoms with Crippen LogP contribution in [-0.4, -0.2) is 41.9 Å². The molecule has 161 valence electrons. The van der Waals surface area contributed by atoms with Crippen LogP contribution >= 0.6 is 21.2 Å². The molecule has 0 heterocycles. The fraction of sp³-hybridized carbons (Fsp3) is 0.435. The van der Waals surface area contributed by atoms with E-state index in [1.165, 1.54) is 4.90 Å². The van der Waals surface area contributed by atoms with Crippen molar-refractivity contribution in [2.45, 2.75) is 57.2 Å². The molecule has 0 aliphatic rings. The normalized spacial score (nSPS) is 12.1. The molecule has 0 aromatic heterocycles. The van der Waals surface area contributed by atoms with Gasteiger partial charge in [-0.3, -0.25) is 4.79 Å². The van der Waals surface area contributed by atoms with E-state index in [2.05, 4.69) is 41.2 Å². The Bertz CT molecular complexity index is 833. The van der Waals surface area contributed by atoms with E-state index in [9.17, 15) is 4.79 Å². The molecule has 4 nitrogen and oxygen atoms in total. The zero-order valence-corrected chi connectivity index (χ0v) is 20.7. The van der Waals surface area contributed by atoms with E-state index in [4.69, 9.17) is 9.39 Å². The van der Waals surface area contributed by atoms with Crippen LogP contribution in [0, 0.1) is 0 Å². The molecule has 30 heavy (non-hydrogen) atoms. The third-order valence-electron chi connectivity index (χ3n) is 5.22. The van der Waals surface area contributed by atoms with Crippen molar-refractivity contribution >= 4 is 40.4 Å². The average molecular weight is 444 g/mol. The second-order valence-corrected chi connectivity index (χ2v) is 10.8. The summed E-state index contributed by atoms with van der Waals surface area (Å²) < 4.78 is 14.2. The molecule has 2 rings (SSSR count). The van der Waals surface area contributed by atoms with E-state index in [0.717, 1.165) is 30.6 Å². The topological polar surface area (TPSA) is 38.8 Å². The van der Waals surface area contributed by atoms with Gasteiger partial charge in [0.25, 0.3) is 0 Å². The maximum Gasteiger partial charge on any atom is 0.331 e. The Morgan fingerprint density at radius 1 is 1.03 bits per heavy atom. The summed E-state index contributed by atoms with van der Waals surface area (Å²) in [6.07, 6.45) is 0.824. The Labute approximate surface area is 188 Å². The highest BCUT2D eigenvalue weighted by Crippen LogP contribution is 2.33. The highest BCUT2D eigenvalue weighted by Gasteiger charge is 2.33. The van der Waals surface area contributed by atoms with Crippen molar-refractivity contribution in [2.24, 2.45) is 0 Å². The molecule has 1 unspecified atom stereocenters. The molecule has 0 saturated carbocycles. The van der Waals surface area contributed by atoms with Gasteiger partial charge in [0, 0.05) is 28.7 Å². The lowest BCUT2D eigenvalue weighted by Crippen LogP contribution is -2.45. The summed E-state index contributed by atoms with van der Waals surface area (Å²) in [7, 11) is 4.45. The molecule has 0 fully saturated rings. The molecule has 1 radical (unpaired) electrons. The molecule has 0 N–H and O–H groups in total. The van der Waals surface area contributed by atoms with Crippen molar-refractivity contribution in [3.05, 3.63) is 48.0 Å². The first-order valence-electron chi connectivity index (χ1n) is 10.2. The van der Waals surface area contributed by atoms with Crippen LogP contribution in [0.4, 0.5) is 0 Å². The van der Waals surface area contributed by atoms with E-state index in [1.807, 2.05) is 50.2 Å². The highest BCUT2D eigenvalue weighted by molar-refractivity contribution is 7.97. The first-order valence-corrected chi connectivity index (χ1v) is 11.5. The summed E-state index contributed by atoms with van der Waals surface area (Å²) in [6.45, 7) is 14.5.